The molecule has 158 valence electrons. The normalized spacial score (nSPS) is 24.3. The minimum absolute atomic E-state index is 0.571. The van der Waals surface area contributed by atoms with E-state index in [1.54, 1.807) is 0 Å². The Labute approximate surface area is 154 Å². The SMILES string of the molecule is CC(C)OC(=O)[C@H]1CC(C(F)(F)C(F)(F)S(=O)(=O)O)[C@@H](C(=O)OC(C)C)C1. The zero-order chi connectivity index (χ0) is 21.4. The van der Waals surface area contributed by atoms with Crippen molar-refractivity contribution >= 4 is 22.1 Å². The largest absolute Gasteiger partial charge is 0.463 e. The van der Waals surface area contributed by atoms with Gasteiger partial charge in [-0.1, -0.05) is 0 Å². The summed E-state index contributed by atoms with van der Waals surface area (Å²) in [6, 6.07) is 0. The Hall–Kier alpha value is -1.43. The molecule has 0 aromatic heterocycles. The van der Waals surface area contributed by atoms with Gasteiger partial charge in [0.25, 0.3) is 0 Å². The molecule has 7 nitrogen and oxygen atoms in total. The second-order valence-electron chi connectivity index (χ2n) is 6.97. The highest BCUT2D eigenvalue weighted by Gasteiger charge is 2.72. The standard InChI is InChI=1S/C15H22F4O7S/c1-7(2)25-12(20)9-5-10(13(21)26-8(3)4)11(6-9)14(16,17)15(18,19)27(22,23)24/h7-11H,5-6H2,1-4H3,(H,22,23,24)/t9-,10+,11?/m1/s1. The lowest BCUT2D eigenvalue weighted by Crippen LogP contribution is -2.53. The van der Waals surface area contributed by atoms with Crippen LogP contribution in [0.25, 0.3) is 0 Å². The highest BCUT2D eigenvalue weighted by atomic mass is 32.2. The highest BCUT2D eigenvalue weighted by Crippen LogP contribution is 2.53. The maximum atomic E-state index is 14.4. The van der Waals surface area contributed by atoms with Crippen molar-refractivity contribution in [2.75, 3.05) is 0 Å². The van der Waals surface area contributed by atoms with Gasteiger partial charge in [0.1, 0.15) is 0 Å². The van der Waals surface area contributed by atoms with E-state index in [9.17, 15) is 35.6 Å². The molecule has 0 amide bonds. The quantitative estimate of drug-likeness (QED) is 0.382. The number of esters is 2. The van der Waals surface area contributed by atoms with Crippen LogP contribution < -0.4 is 0 Å². The zero-order valence-corrected chi connectivity index (χ0v) is 15.9. The summed E-state index contributed by atoms with van der Waals surface area (Å²) in [5, 5.41) is -5.85. The fourth-order valence-corrected chi connectivity index (χ4v) is 3.42. The Morgan fingerprint density at radius 1 is 0.963 bits per heavy atom. The van der Waals surface area contributed by atoms with Crippen LogP contribution in [-0.2, 0) is 29.2 Å². The van der Waals surface area contributed by atoms with Crippen LogP contribution in [0.4, 0.5) is 17.6 Å². The van der Waals surface area contributed by atoms with Crippen LogP contribution in [0.1, 0.15) is 40.5 Å². The number of carbonyl (C=O) groups is 2. The van der Waals surface area contributed by atoms with Crippen molar-refractivity contribution in [3.05, 3.63) is 0 Å². The second kappa shape index (κ2) is 7.90. The first-order valence-electron chi connectivity index (χ1n) is 8.16. The van der Waals surface area contributed by atoms with Gasteiger partial charge in [0.15, 0.2) is 0 Å². The molecule has 1 aliphatic rings. The summed E-state index contributed by atoms with van der Waals surface area (Å²) in [5.41, 5.74) is 0. The van der Waals surface area contributed by atoms with Crippen molar-refractivity contribution in [3.8, 4) is 0 Å². The van der Waals surface area contributed by atoms with Gasteiger partial charge >= 0.3 is 33.2 Å². The lowest BCUT2D eigenvalue weighted by atomic mass is 9.89. The molecule has 1 rings (SSSR count). The summed E-state index contributed by atoms with van der Waals surface area (Å²) in [6.45, 7) is 5.76. The first-order chi connectivity index (χ1) is 12.0. The van der Waals surface area contributed by atoms with E-state index in [0.717, 1.165) is 0 Å². The summed E-state index contributed by atoms with van der Waals surface area (Å²) in [7, 11) is -6.48. The molecule has 1 aliphatic carbocycles. The Morgan fingerprint density at radius 2 is 1.41 bits per heavy atom. The van der Waals surface area contributed by atoms with Crippen LogP contribution in [-0.4, -0.2) is 48.3 Å². The lowest BCUT2D eigenvalue weighted by molar-refractivity contribution is -0.206. The maximum Gasteiger partial charge on any atom is 0.431 e. The van der Waals surface area contributed by atoms with E-state index in [-0.39, 0.29) is 0 Å². The van der Waals surface area contributed by atoms with Crippen molar-refractivity contribution in [3.63, 3.8) is 0 Å². The van der Waals surface area contributed by atoms with Gasteiger partial charge in [-0.3, -0.25) is 14.1 Å². The molecule has 1 fully saturated rings. The average Bonchev–Trinajstić information content (AvgIpc) is 2.90. The van der Waals surface area contributed by atoms with E-state index in [4.69, 9.17) is 14.0 Å². The number of rotatable bonds is 7. The fourth-order valence-electron chi connectivity index (χ4n) is 2.93. The lowest BCUT2D eigenvalue weighted by Gasteiger charge is -2.31. The summed E-state index contributed by atoms with van der Waals surface area (Å²) in [6.07, 6.45) is -2.87. The number of halogens is 4. The minimum atomic E-state index is -6.48. The van der Waals surface area contributed by atoms with Crippen molar-refractivity contribution < 1.29 is 49.6 Å². The molecule has 3 atom stereocenters. The minimum Gasteiger partial charge on any atom is -0.463 e. The number of hydrogen-bond acceptors (Lipinski definition) is 6. The van der Waals surface area contributed by atoms with Crippen LogP contribution in [0, 0.1) is 17.8 Å². The van der Waals surface area contributed by atoms with E-state index in [2.05, 4.69) is 0 Å². The predicted molar refractivity (Wildman–Crippen MR) is 83.6 cm³/mol. The van der Waals surface area contributed by atoms with E-state index in [1.165, 1.54) is 27.7 Å². The smallest absolute Gasteiger partial charge is 0.431 e. The first kappa shape index (κ1) is 23.6. The molecule has 0 aromatic rings. The Bertz CT molecular complexity index is 676. The van der Waals surface area contributed by atoms with E-state index in [1.807, 2.05) is 0 Å². The van der Waals surface area contributed by atoms with Gasteiger partial charge in [0.05, 0.1) is 24.0 Å². The number of alkyl halides is 4. The Kier molecular flexibility index (Phi) is 6.91. The summed E-state index contributed by atoms with van der Waals surface area (Å²) in [4.78, 5) is 24.1. The molecule has 0 saturated heterocycles. The molecule has 0 aliphatic heterocycles. The molecule has 1 unspecified atom stereocenters. The molecule has 0 aromatic carbocycles. The predicted octanol–water partition coefficient (Wildman–Crippen LogP) is 2.65. The second-order valence-corrected chi connectivity index (χ2v) is 8.43. The Morgan fingerprint density at radius 3 is 1.81 bits per heavy atom. The third-order valence-corrected chi connectivity index (χ3v) is 5.00. The average molecular weight is 422 g/mol. The molecule has 0 bridgehead atoms. The van der Waals surface area contributed by atoms with Crippen molar-refractivity contribution in [2.24, 2.45) is 17.8 Å². The number of hydrogen-bond donors (Lipinski definition) is 1. The summed E-state index contributed by atoms with van der Waals surface area (Å²) in [5.74, 6) is -13.3. The molecular formula is C15H22F4O7S. The van der Waals surface area contributed by atoms with Crippen LogP contribution >= 0.6 is 0 Å². The maximum absolute atomic E-state index is 14.4. The van der Waals surface area contributed by atoms with Crippen LogP contribution in [0.5, 0.6) is 0 Å². The van der Waals surface area contributed by atoms with Gasteiger partial charge in [-0.2, -0.15) is 26.0 Å². The molecular weight excluding hydrogens is 400 g/mol. The third kappa shape index (κ3) is 4.89. The van der Waals surface area contributed by atoms with Crippen LogP contribution in [0.15, 0.2) is 0 Å². The van der Waals surface area contributed by atoms with Crippen LogP contribution in [0.3, 0.4) is 0 Å². The zero-order valence-electron chi connectivity index (χ0n) is 15.1. The van der Waals surface area contributed by atoms with E-state index in [0.29, 0.717) is 0 Å². The van der Waals surface area contributed by atoms with Gasteiger partial charge in [-0.05, 0) is 40.5 Å². The molecule has 0 spiro atoms. The highest BCUT2D eigenvalue weighted by molar-refractivity contribution is 7.87. The summed E-state index contributed by atoms with van der Waals surface area (Å²) < 4.78 is 96.1. The van der Waals surface area contributed by atoms with Gasteiger partial charge in [0.2, 0.25) is 0 Å². The van der Waals surface area contributed by atoms with Gasteiger partial charge in [-0.15, -0.1) is 0 Å². The molecule has 1 N–H and O–H groups in total. The monoisotopic (exact) mass is 422 g/mol. The van der Waals surface area contributed by atoms with E-state index < -0.39 is 76.0 Å². The van der Waals surface area contributed by atoms with Gasteiger partial charge < -0.3 is 9.47 Å². The van der Waals surface area contributed by atoms with Crippen molar-refractivity contribution in [1.29, 1.82) is 0 Å². The number of ether oxygens (including phenoxy) is 2. The Balaban J connectivity index is 3.28. The topological polar surface area (TPSA) is 107 Å². The molecule has 0 heterocycles. The molecule has 1 saturated carbocycles. The van der Waals surface area contributed by atoms with Crippen molar-refractivity contribution in [2.45, 2.75) is 63.9 Å². The number of carbonyl (C=O) groups excluding carboxylic acids is 2. The van der Waals surface area contributed by atoms with Gasteiger partial charge in [-0.25, -0.2) is 0 Å². The first-order valence-corrected chi connectivity index (χ1v) is 9.60. The van der Waals surface area contributed by atoms with E-state index >= 15 is 0 Å². The summed E-state index contributed by atoms with van der Waals surface area (Å²) >= 11 is 0. The molecule has 0 radical (unpaired) electrons. The van der Waals surface area contributed by atoms with Crippen molar-refractivity contribution in [1.82, 2.24) is 0 Å². The van der Waals surface area contributed by atoms with Gasteiger partial charge in [0, 0.05) is 5.92 Å². The van der Waals surface area contributed by atoms with Crippen LogP contribution in [0.2, 0.25) is 0 Å². The third-order valence-electron chi connectivity index (χ3n) is 4.08. The molecule has 12 heteroatoms. The molecule has 27 heavy (non-hydrogen) atoms. The fraction of sp³-hybridized carbons (Fsp3) is 0.867.